The highest BCUT2D eigenvalue weighted by Crippen LogP contribution is 2.03. The van der Waals surface area contributed by atoms with Crippen LogP contribution in [0.2, 0.25) is 0 Å². The monoisotopic (exact) mass is 130 g/mol. The van der Waals surface area contributed by atoms with E-state index >= 15 is 0 Å². The highest BCUT2D eigenvalue weighted by molar-refractivity contribution is 5.01. The van der Waals surface area contributed by atoms with Crippen molar-refractivity contribution in [1.82, 2.24) is 0 Å². The van der Waals surface area contributed by atoms with Gasteiger partial charge in [0.05, 0.1) is 0 Å². The van der Waals surface area contributed by atoms with Crippen LogP contribution in [0.4, 0.5) is 0 Å². The zero-order valence-corrected chi connectivity index (χ0v) is 5.93. The van der Waals surface area contributed by atoms with Gasteiger partial charge in [-0.15, -0.1) is 0 Å². The first-order valence-electron chi connectivity index (χ1n) is 3.49. The summed E-state index contributed by atoms with van der Waals surface area (Å²) in [6, 6.07) is 0. The average Bonchev–Trinajstić information content (AvgIpc) is 2.67. The molecule has 0 saturated heterocycles. The molecule has 0 unspecified atom stereocenters. The molecule has 0 nitrogen and oxygen atoms in total. The van der Waals surface area contributed by atoms with Crippen LogP contribution in [0.1, 0.15) is 19.3 Å². The summed E-state index contributed by atoms with van der Waals surface area (Å²) in [4.78, 5) is 0. The molecule has 0 saturated carbocycles. The molecular weight excluding hydrogens is 120 g/mol. The molecular formula is C10H10. The molecule has 0 bridgehead atoms. The topological polar surface area (TPSA) is 0 Å². The van der Waals surface area contributed by atoms with Crippen LogP contribution < -0.4 is 0 Å². The van der Waals surface area contributed by atoms with Crippen molar-refractivity contribution in [1.29, 1.82) is 0 Å². The van der Waals surface area contributed by atoms with Crippen molar-refractivity contribution in [2.24, 2.45) is 0 Å². The van der Waals surface area contributed by atoms with E-state index in [-0.39, 0.29) is 0 Å². The molecule has 0 heteroatoms. The molecule has 0 heterocycles. The standard InChI is InChI=1S/C5H6.C5H4/c2*1-2-4-5-3-1/h1-2H,3-4H2;1-2H,3H2. The molecule has 2 rings (SSSR count). The van der Waals surface area contributed by atoms with Crippen molar-refractivity contribution >= 4 is 0 Å². The number of allylic oxidation sites excluding steroid dienone is 6. The van der Waals surface area contributed by atoms with Crippen LogP contribution >= 0.6 is 0 Å². The van der Waals surface area contributed by atoms with E-state index in [4.69, 9.17) is 0 Å². The maximum absolute atomic E-state index is 3.11. The van der Waals surface area contributed by atoms with Crippen LogP contribution in [-0.2, 0) is 0 Å². The lowest BCUT2D eigenvalue weighted by Gasteiger charge is -1.67. The minimum atomic E-state index is 0.958. The van der Waals surface area contributed by atoms with Gasteiger partial charge in [-0.05, 0) is 37.8 Å². The maximum Gasteiger partial charge on any atom is -0.00849 e. The summed E-state index contributed by atoms with van der Waals surface area (Å²) in [5.74, 6) is 0. The smallest absolute Gasteiger partial charge is 0.00849 e. The molecule has 4 radical (unpaired) electrons. The fourth-order valence-electron chi connectivity index (χ4n) is 0.711. The van der Waals surface area contributed by atoms with Crippen LogP contribution in [0.3, 0.4) is 0 Å². The minimum Gasteiger partial charge on any atom is -0.0879 e. The Hall–Kier alpha value is -0.780. The van der Waals surface area contributed by atoms with Gasteiger partial charge in [0.1, 0.15) is 0 Å². The molecule has 0 aromatic carbocycles. The molecule has 0 aliphatic heterocycles. The lowest BCUT2D eigenvalue weighted by Crippen LogP contribution is -1.52. The van der Waals surface area contributed by atoms with Gasteiger partial charge in [-0.2, -0.15) is 0 Å². The van der Waals surface area contributed by atoms with Gasteiger partial charge in [-0.1, -0.05) is 24.3 Å². The zero-order valence-electron chi connectivity index (χ0n) is 5.93. The van der Waals surface area contributed by atoms with Gasteiger partial charge < -0.3 is 0 Å². The summed E-state index contributed by atoms with van der Waals surface area (Å²) in [7, 11) is 0. The summed E-state index contributed by atoms with van der Waals surface area (Å²) >= 11 is 0. The van der Waals surface area contributed by atoms with Gasteiger partial charge in [-0.3, -0.25) is 0 Å². The highest BCUT2D eigenvalue weighted by Gasteiger charge is 1.86. The van der Waals surface area contributed by atoms with Gasteiger partial charge >= 0.3 is 0 Å². The number of hydrogen-bond donors (Lipinski definition) is 0. The van der Waals surface area contributed by atoms with Crippen molar-refractivity contribution in [3.8, 4) is 0 Å². The number of rotatable bonds is 0. The zero-order chi connectivity index (χ0) is 7.07. The van der Waals surface area contributed by atoms with Crippen molar-refractivity contribution in [2.75, 3.05) is 0 Å². The van der Waals surface area contributed by atoms with E-state index < -0.39 is 0 Å². The number of hydrogen-bond acceptors (Lipinski definition) is 0. The molecule has 0 atom stereocenters. The first-order valence-corrected chi connectivity index (χ1v) is 3.49. The van der Waals surface area contributed by atoms with E-state index in [9.17, 15) is 0 Å². The highest BCUT2D eigenvalue weighted by atomic mass is 13.9. The molecule has 2 aliphatic carbocycles. The van der Waals surface area contributed by atoms with Crippen molar-refractivity contribution in [3.63, 3.8) is 0 Å². The fourth-order valence-corrected chi connectivity index (χ4v) is 0.711. The Labute approximate surface area is 62.9 Å². The summed E-state index contributed by atoms with van der Waals surface area (Å²) in [6.45, 7) is 0. The second-order valence-electron chi connectivity index (χ2n) is 2.06. The van der Waals surface area contributed by atoms with Crippen molar-refractivity contribution in [3.05, 3.63) is 42.9 Å². The van der Waals surface area contributed by atoms with Gasteiger partial charge in [0, 0.05) is 0 Å². The summed E-state index contributed by atoms with van der Waals surface area (Å²) in [5.41, 5.74) is 0. The van der Waals surface area contributed by atoms with E-state index in [1.54, 1.807) is 0 Å². The van der Waals surface area contributed by atoms with Crippen LogP contribution in [0.25, 0.3) is 0 Å². The Morgan fingerprint density at radius 2 is 1.70 bits per heavy atom. The summed E-state index contributed by atoms with van der Waals surface area (Å²) < 4.78 is 0. The Kier molecular flexibility index (Phi) is 3.69. The first kappa shape index (κ1) is 7.33. The lowest BCUT2D eigenvalue weighted by molar-refractivity contribution is 1.20. The molecule has 0 N–H and O–H groups in total. The van der Waals surface area contributed by atoms with E-state index in [1.807, 2.05) is 12.2 Å². The van der Waals surface area contributed by atoms with Gasteiger partial charge in [0.2, 0.25) is 0 Å². The summed E-state index contributed by atoms with van der Waals surface area (Å²) in [5, 5.41) is 0. The fraction of sp³-hybridized carbons (Fsp3) is 0.300. The van der Waals surface area contributed by atoms with E-state index in [0.29, 0.717) is 0 Å². The first-order chi connectivity index (χ1) is 5.00. The molecule has 0 amide bonds. The predicted octanol–water partition coefficient (Wildman–Crippen LogP) is 2.53. The van der Waals surface area contributed by atoms with Crippen molar-refractivity contribution in [2.45, 2.75) is 19.3 Å². The normalized spacial score (nSPS) is 19.2. The van der Waals surface area contributed by atoms with E-state index in [0.717, 1.165) is 19.3 Å². The average molecular weight is 130 g/mol. The molecule has 0 aromatic rings. The third kappa shape index (κ3) is 3.29. The second kappa shape index (κ2) is 5.04. The van der Waals surface area contributed by atoms with E-state index in [2.05, 4.69) is 30.7 Å². The minimum absolute atomic E-state index is 0.958. The van der Waals surface area contributed by atoms with Crippen LogP contribution in [0.5, 0.6) is 0 Å². The largest absolute Gasteiger partial charge is 0.0879 e. The second-order valence-corrected chi connectivity index (χ2v) is 2.06. The Morgan fingerprint density at radius 3 is 1.90 bits per heavy atom. The maximum atomic E-state index is 3.11. The van der Waals surface area contributed by atoms with E-state index in [1.165, 1.54) is 0 Å². The molecule has 2 aliphatic rings. The Bertz CT molecular complexity index is 133. The molecule has 10 heavy (non-hydrogen) atoms. The SMILES string of the molecule is [C]1=[C]CC=C1.[C]1CC=CC1. The van der Waals surface area contributed by atoms with Gasteiger partial charge in [0.25, 0.3) is 0 Å². The third-order valence-corrected chi connectivity index (χ3v) is 1.21. The van der Waals surface area contributed by atoms with Crippen LogP contribution in [-0.4, -0.2) is 0 Å². The van der Waals surface area contributed by atoms with Gasteiger partial charge in [0.15, 0.2) is 0 Å². The van der Waals surface area contributed by atoms with Gasteiger partial charge in [-0.25, -0.2) is 0 Å². The quantitative estimate of drug-likeness (QED) is 0.442. The van der Waals surface area contributed by atoms with Crippen LogP contribution in [0, 0.1) is 18.6 Å². The lowest BCUT2D eigenvalue weighted by atomic mass is 10.4. The Morgan fingerprint density at radius 1 is 0.900 bits per heavy atom. The third-order valence-electron chi connectivity index (χ3n) is 1.21. The van der Waals surface area contributed by atoms with Crippen LogP contribution in [0.15, 0.2) is 24.3 Å². The molecule has 50 valence electrons. The predicted molar refractivity (Wildman–Crippen MR) is 41.9 cm³/mol. The molecule has 0 aromatic heterocycles. The Balaban J connectivity index is 0.0000001000. The summed E-state index contributed by atoms with van der Waals surface area (Å²) in [6.07, 6.45) is 20.0. The molecule has 0 spiro atoms. The molecule has 0 fully saturated rings. The van der Waals surface area contributed by atoms with Crippen molar-refractivity contribution < 1.29 is 0 Å².